The van der Waals surface area contributed by atoms with Gasteiger partial charge in [-0.3, -0.25) is 4.21 Å². The average molecular weight is 162 g/mol. The Bertz CT molecular complexity index is 38.3. The maximum absolute atomic E-state index is 8.44. The standard InChI is InChI=1S/2Ca.H2O3S.2H/c;;1-4(2)3;;/h;;(H2,1,2,3);;/q2*+2;;2*-1/p-2. The molecule has 3 nitrogen and oxygen atoms in total. The van der Waals surface area contributed by atoms with Crippen LogP contribution in [-0.4, -0.2) is 88.8 Å². The summed E-state index contributed by atoms with van der Waals surface area (Å²) in [5.41, 5.74) is 0. The van der Waals surface area contributed by atoms with Crippen molar-refractivity contribution in [3.8, 4) is 0 Å². The van der Waals surface area contributed by atoms with E-state index >= 15 is 0 Å². The molecule has 6 heteroatoms. The normalized spacial score (nSPS) is 5.83. The van der Waals surface area contributed by atoms with Crippen molar-refractivity contribution < 1.29 is 16.2 Å². The second-order valence-electron chi connectivity index (χ2n) is 0.204. The Balaban J connectivity index is -0.00000000750. The summed E-state index contributed by atoms with van der Waals surface area (Å²) < 4.78 is 25.3. The maximum atomic E-state index is 8.44. The first-order chi connectivity index (χ1) is 1.73. The molecular weight excluding hydrogens is 160 g/mol. The van der Waals surface area contributed by atoms with Crippen LogP contribution in [0.5, 0.6) is 0 Å². The molecule has 0 saturated carbocycles. The summed E-state index contributed by atoms with van der Waals surface area (Å²) in [6.07, 6.45) is 0. The van der Waals surface area contributed by atoms with Gasteiger partial charge in [-0.25, -0.2) is 0 Å². The molecule has 0 aromatic rings. The molecule has 0 fully saturated rings. The van der Waals surface area contributed by atoms with Crippen LogP contribution < -0.4 is 0 Å². The van der Waals surface area contributed by atoms with Gasteiger partial charge in [0.05, 0.1) is 0 Å². The monoisotopic (exact) mass is 162 g/mol. The van der Waals surface area contributed by atoms with E-state index in [4.69, 9.17) is 13.3 Å². The van der Waals surface area contributed by atoms with Crippen molar-refractivity contribution in [1.29, 1.82) is 0 Å². The van der Waals surface area contributed by atoms with E-state index in [1.807, 2.05) is 0 Å². The summed E-state index contributed by atoms with van der Waals surface area (Å²) in [5, 5.41) is 0. The van der Waals surface area contributed by atoms with Gasteiger partial charge in [-0.05, 0) is 0 Å². The fraction of sp³-hybridized carbons (Fsp3) is 0. The zero-order chi connectivity index (χ0) is 3.58. The van der Waals surface area contributed by atoms with Gasteiger partial charge in [-0.2, -0.15) is 0 Å². The quantitative estimate of drug-likeness (QED) is 0.320. The first-order valence-electron chi connectivity index (χ1n) is 0.500. The summed E-state index contributed by atoms with van der Waals surface area (Å²) >= 11 is -3.11. The summed E-state index contributed by atoms with van der Waals surface area (Å²) in [5.74, 6) is 0. The Labute approximate surface area is 101 Å². The third kappa shape index (κ3) is 30.7. The number of hydrogen-bond donors (Lipinski definition) is 0. The Hall–Kier alpha value is 2.59. The predicted octanol–water partition coefficient (Wildman–Crippen LogP) is -1.54. The molecule has 0 atom stereocenters. The molecule has 0 unspecified atom stereocenters. The maximum Gasteiger partial charge on any atom is 2.00 e. The van der Waals surface area contributed by atoms with E-state index in [-0.39, 0.29) is 78.3 Å². The van der Waals surface area contributed by atoms with Crippen molar-refractivity contribution in [1.82, 2.24) is 0 Å². The summed E-state index contributed by atoms with van der Waals surface area (Å²) in [4.78, 5) is 0. The average Bonchev–Trinajstić information content (AvgIpc) is 0.811. The van der Waals surface area contributed by atoms with Crippen LogP contribution in [0.4, 0.5) is 0 Å². The molecule has 0 aliphatic rings. The first-order valence-corrected chi connectivity index (χ1v) is 1.50. The zero-order valence-corrected chi connectivity index (χ0v) is 8.28. The van der Waals surface area contributed by atoms with Crippen LogP contribution in [0.15, 0.2) is 0 Å². The molecule has 0 aliphatic heterocycles. The second kappa shape index (κ2) is 10.5. The third-order valence-corrected chi connectivity index (χ3v) is 0. The van der Waals surface area contributed by atoms with E-state index in [1.165, 1.54) is 0 Å². The van der Waals surface area contributed by atoms with Crippen molar-refractivity contribution in [3.63, 3.8) is 0 Å². The molecular formula is H2Ca2O3S. The Morgan fingerprint density at radius 1 is 1.33 bits per heavy atom. The van der Waals surface area contributed by atoms with Gasteiger partial charge in [0.25, 0.3) is 0 Å². The van der Waals surface area contributed by atoms with Crippen molar-refractivity contribution in [2.75, 3.05) is 0 Å². The molecule has 6 heavy (non-hydrogen) atoms. The molecule has 0 aromatic carbocycles. The van der Waals surface area contributed by atoms with Crippen LogP contribution in [0, 0.1) is 0 Å². The minimum Gasteiger partial charge on any atom is -1.00 e. The molecule has 0 saturated heterocycles. The van der Waals surface area contributed by atoms with Crippen LogP contribution >= 0.6 is 0 Å². The molecule has 0 aliphatic carbocycles. The molecule has 0 rings (SSSR count). The van der Waals surface area contributed by atoms with E-state index in [9.17, 15) is 0 Å². The molecule has 0 bridgehead atoms. The zero-order valence-electron chi connectivity index (χ0n) is 5.05. The van der Waals surface area contributed by atoms with Gasteiger partial charge >= 0.3 is 75.5 Å². The molecule has 30 valence electrons. The van der Waals surface area contributed by atoms with Crippen LogP contribution in [0.2, 0.25) is 0 Å². The van der Waals surface area contributed by atoms with Crippen LogP contribution in [-0.2, 0) is 11.4 Å². The second-order valence-corrected chi connectivity index (χ2v) is 0.612. The minimum absolute atomic E-state index is 0. The number of rotatable bonds is 0. The molecule has 0 radical (unpaired) electrons. The minimum atomic E-state index is -3.11. The largest absolute Gasteiger partial charge is 2.00 e. The Kier molecular flexibility index (Phi) is 27.8. The van der Waals surface area contributed by atoms with Gasteiger partial charge < -0.3 is 12.0 Å². The van der Waals surface area contributed by atoms with Crippen molar-refractivity contribution >= 4 is 86.8 Å². The van der Waals surface area contributed by atoms with Crippen molar-refractivity contribution in [2.45, 2.75) is 0 Å². The van der Waals surface area contributed by atoms with Gasteiger partial charge in [0.15, 0.2) is 0 Å². The third-order valence-electron chi connectivity index (χ3n) is 0. The first kappa shape index (κ1) is 15.8. The fourth-order valence-corrected chi connectivity index (χ4v) is 0. The van der Waals surface area contributed by atoms with Crippen molar-refractivity contribution in [3.05, 3.63) is 0 Å². The molecule has 0 aromatic heterocycles. The van der Waals surface area contributed by atoms with Crippen molar-refractivity contribution in [2.24, 2.45) is 0 Å². The van der Waals surface area contributed by atoms with Gasteiger partial charge in [0.1, 0.15) is 0 Å². The van der Waals surface area contributed by atoms with Crippen LogP contribution in [0.1, 0.15) is 2.85 Å². The number of hydrogen-bond acceptors (Lipinski definition) is 3. The predicted molar refractivity (Wildman–Crippen MR) is 23.4 cm³/mol. The Morgan fingerprint density at radius 2 is 1.33 bits per heavy atom. The van der Waals surface area contributed by atoms with Gasteiger partial charge in [-0.15, -0.1) is 11.4 Å². The van der Waals surface area contributed by atoms with Gasteiger partial charge in [0.2, 0.25) is 0 Å². The molecule has 0 amide bonds. The van der Waals surface area contributed by atoms with E-state index in [2.05, 4.69) is 0 Å². The van der Waals surface area contributed by atoms with E-state index in [0.29, 0.717) is 0 Å². The summed E-state index contributed by atoms with van der Waals surface area (Å²) in [7, 11) is 0. The van der Waals surface area contributed by atoms with Crippen LogP contribution in [0.3, 0.4) is 0 Å². The van der Waals surface area contributed by atoms with E-state index < -0.39 is 11.4 Å². The molecule has 0 spiro atoms. The van der Waals surface area contributed by atoms with Gasteiger partial charge in [0, 0.05) is 0 Å². The molecule has 0 N–H and O–H groups in total. The fourth-order valence-electron chi connectivity index (χ4n) is 0. The summed E-state index contributed by atoms with van der Waals surface area (Å²) in [6, 6.07) is 0. The SMILES string of the molecule is O=S([O-])[O-].[Ca+2].[Ca+2].[H-].[H-]. The van der Waals surface area contributed by atoms with Crippen LogP contribution in [0.25, 0.3) is 0 Å². The summed E-state index contributed by atoms with van der Waals surface area (Å²) in [6.45, 7) is 0. The smallest absolute Gasteiger partial charge is 1.00 e. The Morgan fingerprint density at radius 3 is 1.33 bits per heavy atom. The topological polar surface area (TPSA) is 63.2 Å². The van der Waals surface area contributed by atoms with E-state index in [0.717, 1.165) is 0 Å². The van der Waals surface area contributed by atoms with E-state index in [1.54, 1.807) is 0 Å². The van der Waals surface area contributed by atoms with Gasteiger partial charge in [-0.1, -0.05) is 0 Å². The molecule has 0 heterocycles.